The minimum absolute atomic E-state index is 0.271. The van der Waals surface area contributed by atoms with Crippen LogP contribution in [0.5, 0.6) is 0 Å². The molecule has 2 N–H and O–H groups in total. The summed E-state index contributed by atoms with van der Waals surface area (Å²) in [5, 5.41) is 0. The quantitative estimate of drug-likeness (QED) is 0.613. The van der Waals surface area contributed by atoms with Gasteiger partial charge in [-0.2, -0.15) is 0 Å². The van der Waals surface area contributed by atoms with Crippen LogP contribution in [0.25, 0.3) is 0 Å². The Kier molecular flexibility index (Phi) is 6.84. The van der Waals surface area contributed by atoms with Crippen molar-refractivity contribution in [1.29, 1.82) is 0 Å². The number of rotatable bonds is 3. The van der Waals surface area contributed by atoms with Gasteiger partial charge >= 0.3 is 6.09 Å². The normalized spacial score (nSPS) is 18.7. The third-order valence-electron chi connectivity index (χ3n) is 5.01. The molecule has 0 radical (unpaired) electrons. The molecule has 0 spiro atoms. The van der Waals surface area contributed by atoms with E-state index in [1.807, 2.05) is 31.7 Å². The summed E-state index contributed by atoms with van der Waals surface area (Å²) in [7, 11) is 0. The van der Waals surface area contributed by atoms with Crippen LogP contribution in [0, 0.1) is 0 Å². The summed E-state index contributed by atoms with van der Waals surface area (Å²) < 4.78 is 10.9. The number of hydrogen-bond acceptors (Lipinski definition) is 5. The summed E-state index contributed by atoms with van der Waals surface area (Å²) in [6, 6.07) is 8.32. The molecule has 0 saturated carbocycles. The molecule has 0 aliphatic carbocycles. The minimum Gasteiger partial charge on any atom is -0.444 e. The van der Waals surface area contributed by atoms with E-state index in [1.54, 1.807) is 4.90 Å². The first-order valence-electron chi connectivity index (χ1n) is 10.3. The molecule has 2 aliphatic rings. The van der Waals surface area contributed by atoms with E-state index in [9.17, 15) is 4.79 Å². The van der Waals surface area contributed by atoms with Crippen LogP contribution in [0.3, 0.4) is 0 Å². The molecule has 8 heteroatoms. The molecule has 2 aliphatic heterocycles. The predicted molar refractivity (Wildman–Crippen MR) is 114 cm³/mol. The number of anilines is 1. The molecule has 1 aromatic rings. The SMILES string of the molecule is CC(C)(C)OC(=O)N1CCN(C(N)=NCc2ccccc2N2CCOCC2)CC1. The highest BCUT2D eigenvalue weighted by molar-refractivity contribution is 5.78. The monoisotopic (exact) mass is 403 g/mol. The van der Waals surface area contributed by atoms with Crippen LogP contribution in [0.15, 0.2) is 29.3 Å². The molecule has 2 fully saturated rings. The molecule has 0 unspecified atom stereocenters. The number of hydrogen-bond donors (Lipinski definition) is 1. The Morgan fingerprint density at radius 2 is 1.69 bits per heavy atom. The van der Waals surface area contributed by atoms with Gasteiger partial charge < -0.3 is 29.9 Å². The first kappa shape index (κ1) is 21.2. The van der Waals surface area contributed by atoms with E-state index in [1.165, 1.54) is 5.69 Å². The molecule has 29 heavy (non-hydrogen) atoms. The fourth-order valence-corrected chi connectivity index (χ4v) is 3.47. The molecule has 0 bridgehead atoms. The minimum atomic E-state index is -0.484. The summed E-state index contributed by atoms with van der Waals surface area (Å²) in [4.78, 5) is 22.9. The van der Waals surface area contributed by atoms with Gasteiger partial charge in [0, 0.05) is 45.0 Å². The van der Waals surface area contributed by atoms with Crippen molar-refractivity contribution in [3.05, 3.63) is 29.8 Å². The fourth-order valence-electron chi connectivity index (χ4n) is 3.47. The van der Waals surface area contributed by atoms with Crippen molar-refractivity contribution in [3.8, 4) is 0 Å². The molecule has 2 saturated heterocycles. The number of amides is 1. The zero-order valence-electron chi connectivity index (χ0n) is 17.8. The molecule has 0 atom stereocenters. The maximum Gasteiger partial charge on any atom is 0.410 e. The van der Waals surface area contributed by atoms with Gasteiger partial charge in [-0.25, -0.2) is 9.79 Å². The van der Waals surface area contributed by atoms with Gasteiger partial charge in [-0.3, -0.25) is 0 Å². The number of piperazine rings is 1. The first-order chi connectivity index (χ1) is 13.8. The number of aliphatic imine (C=N–C) groups is 1. The topological polar surface area (TPSA) is 83.6 Å². The van der Waals surface area contributed by atoms with E-state index < -0.39 is 5.60 Å². The van der Waals surface area contributed by atoms with Crippen molar-refractivity contribution in [1.82, 2.24) is 9.80 Å². The number of morpholine rings is 1. The zero-order valence-corrected chi connectivity index (χ0v) is 17.8. The molecular weight excluding hydrogens is 370 g/mol. The smallest absolute Gasteiger partial charge is 0.410 e. The summed E-state index contributed by atoms with van der Waals surface area (Å²) >= 11 is 0. The largest absolute Gasteiger partial charge is 0.444 e. The predicted octanol–water partition coefficient (Wildman–Crippen LogP) is 1.89. The highest BCUT2D eigenvalue weighted by atomic mass is 16.6. The van der Waals surface area contributed by atoms with E-state index in [0.717, 1.165) is 31.9 Å². The Balaban J connectivity index is 1.56. The third kappa shape index (κ3) is 6.00. The second-order valence-corrected chi connectivity index (χ2v) is 8.36. The summed E-state index contributed by atoms with van der Waals surface area (Å²) in [5.41, 5.74) is 8.13. The van der Waals surface area contributed by atoms with Gasteiger partial charge in [0.25, 0.3) is 0 Å². The molecule has 0 aromatic heterocycles. The van der Waals surface area contributed by atoms with Crippen LogP contribution >= 0.6 is 0 Å². The third-order valence-corrected chi connectivity index (χ3v) is 5.01. The van der Waals surface area contributed by atoms with Crippen LogP contribution in [0.2, 0.25) is 0 Å². The van der Waals surface area contributed by atoms with Gasteiger partial charge in [0.1, 0.15) is 5.60 Å². The zero-order chi connectivity index (χ0) is 20.9. The number of nitrogens with zero attached hydrogens (tertiary/aromatic N) is 4. The Bertz CT molecular complexity index is 717. The number of nitrogens with two attached hydrogens (primary N) is 1. The van der Waals surface area contributed by atoms with Crippen molar-refractivity contribution in [3.63, 3.8) is 0 Å². The van der Waals surface area contributed by atoms with E-state index in [2.05, 4.69) is 28.1 Å². The van der Waals surface area contributed by atoms with Crippen LogP contribution in [0.4, 0.5) is 10.5 Å². The van der Waals surface area contributed by atoms with Gasteiger partial charge in [0.15, 0.2) is 5.96 Å². The van der Waals surface area contributed by atoms with Gasteiger partial charge in [-0.1, -0.05) is 18.2 Å². The van der Waals surface area contributed by atoms with Crippen molar-refractivity contribution < 1.29 is 14.3 Å². The number of para-hydroxylation sites is 1. The Hall–Kier alpha value is -2.48. The number of ether oxygens (including phenoxy) is 2. The average molecular weight is 404 g/mol. The average Bonchev–Trinajstić information content (AvgIpc) is 2.72. The molecule has 2 heterocycles. The van der Waals surface area contributed by atoms with E-state index in [0.29, 0.717) is 38.7 Å². The van der Waals surface area contributed by atoms with Crippen molar-refractivity contribution >= 4 is 17.7 Å². The summed E-state index contributed by atoms with van der Waals surface area (Å²) in [5.74, 6) is 0.519. The van der Waals surface area contributed by atoms with Crippen molar-refractivity contribution in [2.45, 2.75) is 32.9 Å². The van der Waals surface area contributed by atoms with Crippen LogP contribution in [-0.4, -0.2) is 79.9 Å². The first-order valence-corrected chi connectivity index (χ1v) is 10.3. The van der Waals surface area contributed by atoms with E-state index in [-0.39, 0.29) is 6.09 Å². The van der Waals surface area contributed by atoms with Crippen LogP contribution < -0.4 is 10.6 Å². The Morgan fingerprint density at radius 1 is 1.07 bits per heavy atom. The highest BCUT2D eigenvalue weighted by Gasteiger charge is 2.26. The second kappa shape index (κ2) is 9.35. The Morgan fingerprint density at radius 3 is 2.34 bits per heavy atom. The molecular formula is C21H33N5O3. The molecule has 3 rings (SSSR count). The van der Waals surface area contributed by atoms with Gasteiger partial charge in [-0.15, -0.1) is 0 Å². The van der Waals surface area contributed by atoms with Crippen molar-refractivity contribution in [2.75, 3.05) is 57.4 Å². The lowest BCUT2D eigenvalue weighted by molar-refractivity contribution is 0.0186. The lowest BCUT2D eigenvalue weighted by atomic mass is 10.1. The van der Waals surface area contributed by atoms with Crippen molar-refractivity contribution in [2.24, 2.45) is 10.7 Å². The van der Waals surface area contributed by atoms with Crippen LogP contribution in [0.1, 0.15) is 26.3 Å². The summed E-state index contributed by atoms with van der Waals surface area (Å²) in [6.07, 6.45) is -0.271. The second-order valence-electron chi connectivity index (χ2n) is 8.36. The lowest BCUT2D eigenvalue weighted by Crippen LogP contribution is -2.53. The lowest BCUT2D eigenvalue weighted by Gasteiger charge is -2.36. The molecule has 160 valence electrons. The van der Waals surface area contributed by atoms with E-state index in [4.69, 9.17) is 15.2 Å². The number of carbonyl (C=O) groups is 1. The number of guanidine groups is 1. The van der Waals surface area contributed by atoms with Gasteiger partial charge in [0.2, 0.25) is 0 Å². The summed E-state index contributed by atoms with van der Waals surface area (Å²) in [6.45, 7) is 11.9. The van der Waals surface area contributed by atoms with Crippen LogP contribution in [-0.2, 0) is 16.0 Å². The van der Waals surface area contributed by atoms with Gasteiger partial charge in [-0.05, 0) is 32.4 Å². The molecule has 1 aromatic carbocycles. The molecule has 8 nitrogen and oxygen atoms in total. The highest BCUT2D eigenvalue weighted by Crippen LogP contribution is 2.22. The number of carbonyl (C=O) groups excluding carboxylic acids is 1. The molecule has 1 amide bonds. The number of benzene rings is 1. The maximum atomic E-state index is 12.2. The van der Waals surface area contributed by atoms with Gasteiger partial charge in [0.05, 0.1) is 19.8 Å². The maximum absolute atomic E-state index is 12.2. The standard InChI is InChI=1S/C21H33N5O3/c1-21(2,3)29-20(27)26-10-8-25(9-11-26)19(22)23-16-17-6-4-5-7-18(17)24-12-14-28-15-13-24/h4-7H,8-16H2,1-3H3,(H2,22,23). The Labute approximate surface area is 173 Å². The fraction of sp³-hybridized carbons (Fsp3) is 0.619. The van der Waals surface area contributed by atoms with E-state index >= 15 is 0 Å².